The first-order chi connectivity index (χ1) is 15.2. The lowest BCUT2D eigenvalue weighted by atomic mass is 10.1. The first-order valence-corrected chi connectivity index (χ1v) is 11.4. The number of nitrogens with zero attached hydrogens (tertiary/aromatic N) is 5. The minimum Gasteiger partial charge on any atom is -0.353 e. The van der Waals surface area contributed by atoms with E-state index >= 15 is 0 Å². The van der Waals surface area contributed by atoms with E-state index in [1.165, 1.54) is 12.1 Å². The maximum atomic E-state index is 13.5. The van der Waals surface area contributed by atoms with Gasteiger partial charge in [-0.2, -0.15) is 5.10 Å². The predicted molar refractivity (Wildman–Crippen MR) is 122 cm³/mol. The van der Waals surface area contributed by atoms with Crippen LogP contribution in [0.3, 0.4) is 0 Å². The van der Waals surface area contributed by atoms with Crippen molar-refractivity contribution in [2.24, 2.45) is 0 Å². The number of pyridine rings is 1. The molecule has 0 spiro atoms. The van der Waals surface area contributed by atoms with Gasteiger partial charge in [0.25, 0.3) is 5.91 Å². The van der Waals surface area contributed by atoms with Gasteiger partial charge >= 0.3 is 0 Å². The molecule has 1 fully saturated rings. The molecule has 0 unspecified atom stereocenters. The first-order valence-electron chi connectivity index (χ1n) is 11.0. The molecular weight excluding hydrogens is 410 g/mol. The molecule has 0 radical (unpaired) electrons. The molecule has 0 N–H and O–H groups in total. The lowest BCUT2D eigenvalue weighted by molar-refractivity contribution is 0.0739. The third kappa shape index (κ3) is 4.04. The van der Waals surface area contributed by atoms with E-state index in [4.69, 9.17) is 16.7 Å². The lowest BCUT2D eigenvalue weighted by Crippen LogP contribution is -2.49. The highest BCUT2D eigenvalue weighted by Gasteiger charge is 2.30. The summed E-state index contributed by atoms with van der Waals surface area (Å²) in [4.78, 5) is 22.1. The van der Waals surface area contributed by atoms with E-state index in [-0.39, 0.29) is 5.91 Å². The molecule has 1 aromatic carbocycles. The highest BCUT2D eigenvalue weighted by Crippen LogP contribution is 2.27. The van der Waals surface area contributed by atoms with Crippen LogP contribution in [0.25, 0.3) is 5.69 Å². The minimum atomic E-state index is 0.0524. The molecule has 6 nitrogen and oxygen atoms in total. The van der Waals surface area contributed by atoms with Crippen molar-refractivity contribution >= 4 is 23.3 Å². The van der Waals surface area contributed by atoms with E-state index in [0.717, 1.165) is 55.8 Å². The molecule has 1 aliphatic carbocycles. The van der Waals surface area contributed by atoms with Crippen molar-refractivity contribution < 1.29 is 4.79 Å². The predicted octanol–water partition coefficient (Wildman–Crippen LogP) is 4.15. The summed E-state index contributed by atoms with van der Waals surface area (Å²) in [5.74, 6) is 0.954. The van der Waals surface area contributed by atoms with Crippen LogP contribution in [0.15, 0.2) is 48.7 Å². The summed E-state index contributed by atoms with van der Waals surface area (Å²) in [5.41, 5.74) is 4.02. The molecule has 0 saturated carbocycles. The van der Waals surface area contributed by atoms with Crippen LogP contribution in [0.4, 0.5) is 5.82 Å². The monoisotopic (exact) mass is 435 g/mol. The van der Waals surface area contributed by atoms with Gasteiger partial charge in [-0.15, -0.1) is 0 Å². The topological polar surface area (TPSA) is 54.3 Å². The average molecular weight is 436 g/mol. The molecule has 1 saturated heterocycles. The summed E-state index contributed by atoms with van der Waals surface area (Å²) in [7, 11) is 0. The molecule has 1 aliphatic heterocycles. The van der Waals surface area contributed by atoms with Gasteiger partial charge in [-0.1, -0.05) is 36.2 Å². The van der Waals surface area contributed by atoms with Crippen molar-refractivity contribution in [3.63, 3.8) is 0 Å². The smallest absolute Gasteiger partial charge is 0.274 e. The van der Waals surface area contributed by atoms with E-state index < -0.39 is 0 Å². The maximum Gasteiger partial charge on any atom is 0.274 e. The number of hydrogen-bond donors (Lipinski definition) is 0. The van der Waals surface area contributed by atoms with E-state index in [2.05, 4.69) is 22.0 Å². The Hall–Kier alpha value is -2.86. The molecule has 2 aromatic heterocycles. The summed E-state index contributed by atoms with van der Waals surface area (Å²) in [6, 6.07) is 14.0. The Labute approximate surface area is 187 Å². The second-order valence-corrected chi connectivity index (χ2v) is 8.63. The maximum absolute atomic E-state index is 13.5. The number of benzene rings is 1. The third-order valence-electron chi connectivity index (χ3n) is 6.24. The number of amides is 1. The van der Waals surface area contributed by atoms with Crippen LogP contribution in [0.1, 0.15) is 41.0 Å². The summed E-state index contributed by atoms with van der Waals surface area (Å²) in [5, 5.41) is 5.48. The number of hydrogen-bond acceptors (Lipinski definition) is 4. The third-order valence-corrected chi connectivity index (χ3v) is 6.46. The molecule has 7 heteroatoms. The first kappa shape index (κ1) is 20.1. The number of carbonyl (C=O) groups is 1. The van der Waals surface area contributed by atoms with Crippen molar-refractivity contribution in [3.05, 3.63) is 70.6 Å². The van der Waals surface area contributed by atoms with E-state index in [1.807, 2.05) is 39.9 Å². The molecule has 3 aromatic rings. The van der Waals surface area contributed by atoms with E-state index in [1.54, 1.807) is 6.20 Å². The molecule has 5 rings (SSSR count). The number of piperazine rings is 1. The quantitative estimate of drug-likeness (QED) is 0.580. The van der Waals surface area contributed by atoms with Gasteiger partial charge in [0.2, 0.25) is 0 Å². The summed E-state index contributed by atoms with van der Waals surface area (Å²) in [6.07, 6.45) is 7.03. The van der Waals surface area contributed by atoms with Crippen LogP contribution in [0, 0.1) is 0 Å². The van der Waals surface area contributed by atoms with Crippen molar-refractivity contribution in [1.29, 1.82) is 0 Å². The number of para-hydroxylation sites is 1. The Balaban J connectivity index is 1.38. The van der Waals surface area contributed by atoms with Gasteiger partial charge in [-0.25, -0.2) is 9.67 Å². The molecule has 31 heavy (non-hydrogen) atoms. The summed E-state index contributed by atoms with van der Waals surface area (Å²) in [6.45, 7) is 2.83. The van der Waals surface area contributed by atoms with E-state index in [0.29, 0.717) is 23.8 Å². The lowest BCUT2D eigenvalue weighted by Gasteiger charge is -2.35. The van der Waals surface area contributed by atoms with Gasteiger partial charge in [-0.3, -0.25) is 4.79 Å². The fraction of sp³-hybridized carbons (Fsp3) is 0.375. The zero-order valence-corrected chi connectivity index (χ0v) is 18.3. The molecule has 0 bridgehead atoms. The summed E-state index contributed by atoms with van der Waals surface area (Å²) >= 11 is 5.96. The van der Waals surface area contributed by atoms with Crippen molar-refractivity contribution in [2.75, 3.05) is 31.1 Å². The highest BCUT2D eigenvalue weighted by molar-refractivity contribution is 6.30. The molecule has 1 amide bonds. The van der Waals surface area contributed by atoms with Gasteiger partial charge in [-0.05, 0) is 49.9 Å². The zero-order valence-electron chi connectivity index (χ0n) is 17.5. The summed E-state index contributed by atoms with van der Waals surface area (Å²) < 4.78 is 2.00. The van der Waals surface area contributed by atoms with Crippen LogP contribution >= 0.6 is 11.6 Å². The standard InChI is InChI=1S/C24H26ClN5O/c25-18-11-12-22(26-17-18)28-13-15-29(16-14-28)24(31)23-20-9-5-2-6-10-21(20)30(27-23)19-7-3-1-4-8-19/h1,3-4,7-8,11-12,17H,2,5-6,9-10,13-16H2. The largest absolute Gasteiger partial charge is 0.353 e. The number of anilines is 1. The highest BCUT2D eigenvalue weighted by atomic mass is 35.5. The Morgan fingerprint density at radius 3 is 2.42 bits per heavy atom. The Bertz CT molecular complexity index is 1060. The number of halogens is 1. The average Bonchev–Trinajstić information content (AvgIpc) is 3.00. The molecule has 2 aliphatic rings. The molecule has 160 valence electrons. The second kappa shape index (κ2) is 8.71. The second-order valence-electron chi connectivity index (χ2n) is 8.20. The van der Waals surface area contributed by atoms with Gasteiger partial charge in [0.05, 0.1) is 10.7 Å². The molecular formula is C24H26ClN5O. The van der Waals surface area contributed by atoms with Gasteiger partial charge in [0.1, 0.15) is 5.82 Å². The van der Waals surface area contributed by atoms with Crippen LogP contribution < -0.4 is 4.90 Å². The van der Waals surface area contributed by atoms with Crippen molar-refractivity contribution in [2.45, 2.75) is 32.1 Å². The van der Waals surface area contributed by atoms with Crippen LogP contribution in [-0.2, 0) is 12.8 Å². The van der Waals surface area contributed by atoms with E-state index in [9.17, 15) is 4.79 Å². The van der Waals surface area contributed by atoms with Gasteiger partial charge in [0.15, 0.2) is 5.69 Å². The number of fused-ring (bicyclic) bond motifs is 1. The SMILES string of the molecule is O=C(c1nn(-c2ccccc2)c2c1CCCCC2)N1CCN(c2ccc(Cl)cn2)CC1. The minimum absolute atomic E-state index is 0.0524. The zero-order chi connectivity index (χ0) is 21.2. The Morgan fingerprint density at radius 2 is 1.68 bits per heavy atom. The number of rotatable bonds is 3. The number of carbonyl (C=O) groups excluding carboxylic acids is 1. The number of aromatic nitrogens is 3. The molecule has 3 heterocycles. The van der Waals surface area contributed by atoms with Crippen LogP contribution in [0.2, 0.25) is 5.02 Å². The fourth-order valence-corrected chi connectivity index (χ4v) is 4.69. The normalized spacial score (nSPS) is 16.7. The van der Waals surface area contributed by atoms with Crippen LogP contribution in [0.5, 0.6) is 0 Å². The van der Waals surface area contributed by atoms with Gasteiger partial charge < -0.3 is 9.80 Å². The Kier molecular flexibility index (Phi) is 5.64. The Morgan fingerprint density at radius 1 is 0.903 bits per heavy atom. The van der Waals surface area contributed by atoms with Gasteiger partial charge in [0, 0.05) is 43.6 Å². The van der Waals surface area contributed by atoms with Crippen molar-refractivity contribution in [3.8, 4) is 5.69 Å². The van der Waals surface area contributed by atoms with Crippen molar-refractivity contribution in [1.82, 2.24) is 19.7 Å². The van der Waals surface area contributed by atoms with Crippen LogP contribution in [-0.4, -0.2) is 51.8 Å². The molecule has 0 atom stereocenters. The fourth-order valence-electron chi connectivity index (χ4n) is 4.57.